The van der Waals surface area contributed by atoms with Crippen molar-refractivity contribution in [3.63, 3.8) is 0 Å². The zero-order valence-corrected chi connectivity index (χ0v) is 17.0. The molecule has 0 spiro atoms. The maximum atomic E-state index is 6.24. The minimum Gasteiger partial charge on any atom is -0.416 e. The second-order valence-electron chi connectivity index (χ2n) is 8.22. The summed E-state index contributed by atoms with van der Waals surface area (Å²) in [7, 11) is -2.74. The molecular formula is C14H34OSSi2. The Morgan fingerprint density at radius 2 is 1.28 bits per heavy atom. The standard InChI is InChI=1S/C14H34OSSi2/c1-13(2,3)17(7,8)15-11-12-16-18(9,10)14(4,5)6/h11-12H2,1-10H3. The molecule has 0 aliphatic rings. The third kappa shape index (κ3) is 5.39. The number of hydrogen-bond acceptors (Lipinski definition) is 2. The number of hydrogen-bond donors (Lipinski definition) is 0. The highest BCUT2D eigenvalue weighted by Gasteiger charge is 2.38. The van der Waals surface area contributed by atoms with Gasteiger partial charge < -0.3 is 4.43 Å². The summed E-state index contributed by atoms with van der Waals surface area (Å²) in [5.74, 6) is 1.16. The van der Waals surface area contributed by atoms with E-state index in [2.05, 4.69) is 78.9 Å². The van der Waals surface area contributed by atoms with Crippen molar-refractivity contribution in [2.75, 3.05) is 12.4 Å². The van der Waals surface area contributed by atoms with Gasteiger partial charge in [-0.05, 0) is 23.2 Å². The predicted octanol–water partition coefficient (Wildman–Crippen LogP) is 5.75. The van der Waals surface area contributed by atoms with Crippen LogP contribution in [0.3, 0.4) is 0 Å². The molecule has 0 aromatic heterocycles. The van der Waals surface area contributed by atoms with E-state index in [1.165, 1.54) is 0 Å². The Morgan fingerprint density at radius 1 is 0.833 bits per heavy atom. The van der Waals surface area contributed by atoms with E-state index in [4.69, 9.17) is 4.43 Å². The van der Waals surface area contributed by atoms with Gasteiger partial charge in [0.15, 0.2) is 8.32 Å². The molecule has 0 aromatic carbocycles. The van der Waals surface area contributed by atoms with Gasteiger partial charge in [0.05, 0.1) is 0 Å². The molecule has 0 N–H and O–H groups in total. The molecular weight excluding hydrogens is 272 g/mol. The van der Waals surface area contributed by atoms with Gasteiger partial charge >= 0.3 is 0 Å². The van der Waals surface area contributed by atoms with Crippen LogP contribution in [0.4, 0.5) is 0 Å². The zero-order chi connectivity index (χ0) is 14.8. The van der Waals surface area contributed by atoms with Crippen LogP contribution in [-0.4, -0.2) is 27.9 Å². The molecule has 0 aromatic rings. The minimum absolute atomic E-state index is 0.328. The molecule has 0 atom stereocenters. The van der Waals surface area contributed by atoms with Gasteiger partial charge in [-0.1, -0.05) is 54.6 Å². The molecule has 0 saturated heterocycles. The van der Waals surface area contributed by atoms with Crippen LogP contribution < -0.4 is 0 Å². The first-order chi connectivity index (χ1) is 7.71. The topological polar surface area (TPSA) is 9.23 Å². The normalized spacial score (nSPS) is 15.0. The summed E-state index contributed by atoms with van der Waals surface area (Å²) in [6.07, 6.45) is 0. The van der Waals surface area contributed by atoms with Crippen LogP contribution in [-0.2, 0) is 4.43 Å². The first kappa shape index (κ1) is 18.7. The minimum atomic E-state index is -1.55. The van der Waals surface area contributed by atoms with Crippen molar-refractivity contribution in [1.29, 1.82) is 0 Å². The van der Waals surface area contributed by atoms with E-state index in [1.54, 1.807) is 0 Å². The lowest BCUT2D eigenvalue weighted by atomic mass is 10.2. The van der Waals surface area contributed by atoms with Gasteiger partial charge in [-0.15, -0.1) is 0 Å². The van der Waals surface area contributed by atoms with Crippen LogP contribution in [0.15, 0.2) is 0 Å². The van der Waals surface area contributed by atoms with Crippen molar-refractivity contribution in [3.05, 3.63) is 0 Å². The van der Waals surface area contributed by atoms with E-state index in [-0.39, 0.29) is 0 Å². The molecule has 4 heteroatoms. The molecule has 0 aliphatic carbocycles. The molecule has 0 fully saturated rings. The highest BCUT2D eigenvalue weighted by atomic mass is 32.4. The highest BCUT2D eigenvalue weighted by Crippen LogP contribution is 2.43. The molecule has 0 unspecified atom stereocenters. The fourth-order valence-electron chi connectivity index (χ4n) is 1.03. The fourth-order valence-corrected chi connectivity index (χ4v) is 6.41. The molecule has 0 heterocycles. The molecule has 1 nitrogen and oxygen atoms in total. The van der Waals surface area contributed by atoms with Gasteiger partial charge in [0, 0.05) is 12.4 Å². The number of rotatable bonds is 5. The monoisotopic (exact) mass is 306 g/mol. The van der Waals surface area contributed by atoms with Crippen LogP contribution in [0.5, 0.6) is 0 Å². The van der Waals surface area contributed by atoms with E-state index in [9.17, 15) is 0 Å². The van der Waals surface area contributed by atoms with E-state index >= 15 is 0 Å². The fraction of sp³-hybridized carbons (Fsp3) is 1.00. The zero-order valence-electron chi connectivity index (χ0n) is 14.2. The summed E-state index contributed by atoms with van der Waals surface area (Å²) in [5, 5.41) is 0.795. The van der Waals surface area contributed by atoms with Crippen LogP contribution in [0, 0.1) is 0 Å². The summed E-state index contributed by atoms with van der Waals surface area (Å²) in [4.78, 5) is 0. The van der Waals surface area contributed by atoms with Crippen molar-refractivity contribution < 1.29 is 4.43 Å². The van der Waals surface area contributed by atoms with E-state index in [0.29, 0.717) is 10.1 Å². The Morgan fingerprint density at radius 3 is 1.61 bits per heavy atom. The lowest BCUT2D eigenvalue weighted by Crippen LogP contribution is -2.41. The van der Waals surface area contributed by atoms with Crippen molar-refractivity contribution in [1.82, 2.24) is 0 Å². The van der Waals surface area contributed by atoms with Crippen molar-refractivity contribution in [2.24, 2.45) is 0 Å². The van der Waals surface area contributed by atoms with Gasteiger partial charge in [-0.25, -0.2) is 0 Å². The summed E-state index contributed by atoms with van der Waals surface area (Å²) in [6, 6.07) is 0. The van der Waals surface area contributed by atoms with Crippen molar-refractivity contribution in [3.8, 4) is 0 Å². The van der Waals surface area contributed by atoms with Crippen LogP contribution >= 0.6 is 11.2 Å². The Balaban J connectivity index is 4.17. The largest absolute Gasteiger partial charge is 0.416 e. The summed E-state index contributed by atoms with van der Waals surface area (Å²) in [5.41, 5.74) is 0. The van der Waals surface area contributed by atoms with Crippen molar-refractivity contribution >= 4 is 26.8 Å². The molecule has 0 saturated carbocycles. The first-order valence-corrected chi connectivity index (χ1v) is 14.6. The van der Waals surface area contributed by atoms with Gasteiger partial charge in [0.25, 0.3) is 0 Å². The lowest BCUT2D eigenvalue weighted by Gasteiger charge is -2.38. The van der Waals surface area contributed by atoms with E-state index in [1.807, 2.05) is 0 Å². The van der Waals surface area contributed by atoms with Gasteiger partial charge in [0.1, 0.15) is 7.22 Å². The summed E-state index contributed by atoms with van der Waals surface area (Å²) in [6.45, 7) is 24.6. The Labute approximate surface area is 121 Å². The Kier molecular flexibility index (Phi) is 6.27. The van der Waals surface area contributed by atoms with Crippen LogP contribution in [0.2, 0.25) is 36.3 Å². The SMILES string of the molecule is CC(C)(C)[Si](C)(C)OCCS[Si](C)(C)C(C)(C)C. The van der Waals surface area contributed by atoms with Gasteiger partial charge in [-0.3, -0.25) is 0 Å². The van der Waals surface area contributed by atoms with Crippen LogP contribution in [0.1, 0.15) is 41.5 Å². The molecule has 0 bridgehead atoms. The third-order valence-electron chi connectivity index (χ3n) is 4.62. The molecule has 18 heavy (non-hydrogen) atoms. The van der Waals surface area contributed by atoms with E-state index < -0.39 is 15.5 Å². The maximum Gasteiger partial charge on any atom is 0.192 e. The third-order valence-corrected chi connectivity index (χ3v) is 18.5. The molecule has 0 amide bonds. The quantitative estimate of drug-likeness (QED) is 0.472. The molecule has 0 aliphatic heterocycles. The molecule has 110 valence electrons. The summed E-state index contributed by atoms with van der Waals surface area (Å²) < 4.78 is 6.24. The Bertz CT molecular complexity index is 234. The maximum absolute atomic E-state index is 6.24. The van der Waals surface area contributed by atoms with Gasteiger partial charge in [0.2, 0.25) is 0 Å². The molecule has 0 radical (unpaired) electrons. The Hall–Kier alpha value is 0.744. The molecule has 0 rings (SSSR count). The van der Waals surface area contributed by atoms with Gasteiger partial charge in [-0.2, -0.15) is 11.2 Å². The van der Waals surface area contributed by atoms with E-state index in [0.717, 1.165) is 12.4 Å². The van der Waals surface area contributed by atoms with Crippen molar-refractivity contribution in [2.45, 2.75) is 77.8 Å². The summed E-state index contributed by atoms with van der Waals surface area (Å²) >= 11 is 2.17. The predicted molar refractivity (Wildman–Crippen MR) is 92.8 cm³/mol. The average Bonchev–Trinajstić information content (AvgIpc) is 2.08. The van der Waals surface area contributed by atoms with Crippen LogP contribution in [0.25, 0.3) is 0 Å². The average molecular weight is 307 g/mol. The lowest BCUT2D eigenvalue weighted by molar-refractivity contribution is 0.311. The first-order valence-electron chi connectivity index (χ1n) is 6.99. The smallest absolute Gasteiger partial charge is 0.192 e. The highest BCUT2D eigenvalue weighted by molar-refractivity contribution is 8.29. The second kappa shape index (κ2) is 6.02. The second-order valence-corrected chi connectivity index (χ2v) is 22.2.